The molecule has 2 aliphatic carbocycles. The Morgan fingerprint density at radius 1 is 1.21 bits per heavy atom. The molecule has 144 valence electrons. The number of anilines is 1. The summed E-state index contributed by atoms with van der Waals surface area (Å²) in [4.78, 5) is 37.8. The molecule has 2 aromatic heterocycles. The molecule has 3 heterocycles. The van der Waals surface area contributed by atoms with Crippen molar-refractivity contribution in [2.75, 3.05) is 11.9 Å². The lowest BCUT2D eigenvalue weighted by molar-refractivity contribution is -0.125. The average Bonchev–Trinajstić information content (AvgIpc) is 3.40. The number of aromatic nitrogens is 3. The predicted molar refractivity (Wildman–Crippen MR) is 103 cm³/mol. The molecule has 1 saturated heterocycles. The topological polar surface area (TPSA) is 109 Å². The molecule has 2 atom stereocenters. The van der Waals surface area contributed by atoms with Crippen LogP contribution in [0.2, 0.25) is 0 Å². The highest BCUT2D eigenvalue weighted by Crippen LogP contribution is 2.38. The van der Waals surface area contributed by atoms with Gasteiger partial charge < -0.3 is 10.6 Å². The smallest absolute Gasteiger partial charge is 0.322 e. The van der Waals surface area contributed by atoms with Crippen LogP contribution in [0.15, 0.2) is 24.5 Å². The van der Waals surface area contributed by atoms with Crippen LogP contribution in [0, 0.1) is 5.92 Å². The number of aryl methyl sites for hydroxylation is 1. The van der Waals surface area contributed by atoms with Crippen LogP contribution in [-0.2, 0) is 17.6 Å². The lowest BCUT2D eigenvalue weighted by Gasteiger charge is -2.28. The first-order chi connectivity index (χ1) is 13.7. The van der Waals surface area contributed by atoms with E-state index in [1.54, 1.807) is 12.4 Å². The van der Waals surface area contributed by atoms with E-state index < -0.39 is 11.6 Å². The normalized spacial score (nSPS) is 25.6. The first kappa shape index (κ1) is 17.1. The van der Waals surface area contributed by atoms with Gasteiger partial charge in [0.25, 0.3) is 5.91 Å². The molecule has 2 fully saturated rings. The van der Waals surface area contributed by atoms with Gasteiger partial charge >= 0.3 is 6.03 Å². The van der Waals surface area contributed by atoms with E-state index in [1.807, 2.05) is 12.1 Å². The maximum absolute atomic E-state index is 12.4. The van der Waals surface area contributed by atoms with Gasteiger partial charge in [0.05, 0.1) is 0 Å². The summed E-state index contributed by atoms with van der Waals surface area (Å²) in [5, 5.41) is 8.76. The van der Waals surface area contributed by atoms with Crippen LogP contribution in [0.25, 0.3) is 11.4 Å². The van der Waals surface area contributed by atoms with Gasteiger partial charge in [-0.25, -0.2) is 14.8 Å². The fourth-order valence-electron chi connectivity index (χ4n) is 4.75. The van der Waals surface area contributed by atoms with E-state index in [4.69, 9.17) is 9.97 Å². The first-order valence-electron chi connectivity index (χ1n) is 9.83. The van der Waals surface area contributed by atoms with Crippen molar-refractivity contribution in [2.24, 2.45) is 5.92 Å². The highest BCUT2D eigenvalue weighted by atomic mass is 16.2. The van der Waals surface area contributed by atoms with E-state index in [1.165, 1.54) is 5.56 Å². The molecule has 1 aliphatic heterocycles. The van der Waals surface area contributed by atoms with Gasteiger partial charge in [-0.2, -0.15) is 0 Å². The van der Waals surface area contributed by atoms with Crippen molar-refractivity contribution in [3.63, 3.8) is 0 Å². The van der Waals surface area contributed by atoms with Crippen molar-refractivity contribution >= 4 is 17.8 Å². The summed E-state index contributed by atoms with van der Waals surface area (Å²) in [6, 6.07) is 3.44. The molecular weight excluding hydrogens is 356 g/mol. The Kier molecular flexibility index (Phi) is 3.99. The summed E-state index contributed by atoms with van der Waals surface area (Å²) in [6.07, 6.45) is 8.97. The molecule has 0 aromatic carbocycles. The van der Waals surface area contributed by atoms with Crippen LogP contribution in [0.1, 0.15) is 36.9 Å². The largest absolute Gasteiger partial charge is 0.369 e. The summed E-state index contributed by atoms with van der Waals surface area (Å²) in [5.41, 5.74) is 2.36. The van der Waals surface area contributed by atoms with Crippen molar-refractivity contribution in [2.45, 2.75) is 44.1 Å². The Bertz CT molecular complexity index is 947. The Morgan fingerprint density at radius 3 is 2.93 bits per heavy atom. The SMILES string of the molecule is O=C1NC(=O)C2(CCCC2CNc2nc(-c3cccnc3)nc3c2CCC3)N1. The van der Waals surface area contributed by atoms with Gasteiger partial charge in [-0.05, 0) is 44.2 Å². The van der Waals surface area contributed by atoms with Gasteiger partial charge in [0.2, 0.25) is 0 Å². The number of imide groups is 1. The fraction of sp³-hybridized carbons (Fsp3) is 0.450. The van der Waals surface area contributed by atoms with E-state index >= 15 is 0 Å². The molecule has 3 N–H and O–H groups in total. The van der Waals surface area contributed by atoms with Gasteiger partial charge in [-0.3, -0.25) is 15.1 Å². The third-order valence-corrected chi connectivity index (χ3v) is 6.16. The third kappa shape index (κ3) is 2.71. The molecule has 3 aliphatic rings. The number of rotatable bonds is 4. The van der Waals surface area contributed by atoms with Crippen molar-refractivity contribution < 1.29 is 9.59 Å². The highest BCUT2D eigenvalue weighted by molar-refractivity contribution is 6.07. The number of nitrogens with zero attached hydrogens (tertiary/aromatic N) is 3. The van der Waals surface area contributed by atoms with Gasteiger partial charge in [0.15, 0.2) is 5.82 Å². The quantitative estimate of drug-likeness (QED) is 0.700. The minimum Gasteiger partial charge on any atom is -0.369 e. The minimum absolute atomic E-state index is 0.0350. The van der Waals surface area contributed by atoms with Gasteiger partial charge in [0.1, 0.15) is 11.4 Å². The number of carbonyl (C=O) groups is 2. The average molecular weight is 378 g/mol. The van der Waals surface area contributed by atoms with Crippen molar-refractivity contribution in [1.29, 1.82) is 0 Å². The molecule has 0 bridgehead atoms. The van der Waals surface area contributed by atoms with Gasteiger partial charge in [-0.15, -0.1) is 0 Å². The van der Waals surface area contributed by atoms with Crippen molar-refractivity contribution in [3.05, 3.63) is 35.8 Å². The number of amides is 3. The van der Waals surface area contributed by atoms with E-state index in [9.17, 15) is 9.59 Å². The summed E-state index contributed by atoms with van der Waals surface area (Å²) in [7, 11) is 0. The molecule has 2 aromatic rings. The lowest BCUT2D eigenvalue weighted by atomic mass is 9.87. The molecule has 28 heavy (non-hydrogen) atoms. The number of hydrogen-bond acceptors (Lipinski definition) is 6. The Morgan fingerprint density at radius 2 is 2.14 bits per heavy atom. The summed E-state index contributed by atoms with van der Waals surface area (Å²) >= 11 is 0. The van der Waals surface area contributed by atoms with Crippen LogP contribution >= 0.6 is 0 Å². The highest BCUT2D eigenvalue weighted by Gasteiger charge is 2.54. The van der Waals surface area contributed by atoms with E-state index in [2.05, 4.69) is 20.9 Å². The monoisotopic (exact) mass is 378 g/mol. The van der Waals surface area contributed by atoms with E-state index in [-0.39, 0.29) is 11.8 Å². The first-order valence-corrected chi connectivity index (χ1v) is 9.83. The molecule has 0 radical (unpaired) electrons. The number of hydrogen-bond donors (Lipinski definition) is 3. The number of carbonyl (C=O) groups excluding carboxylic acids is 2. The number of nitrogens with one attached hydrogen (secondary N) is 3. The predicted octanol–water partition coefficient (Wildman–Crippen LogP) is 1.82. The second-order valence-corrected chi connectivity index (χ2v) is 7.77. The Balaban J connectivity index is 1.42. The van der Waals surface area contributed by atoms with Gasteiger partial charge in [-0.1, -0.05) is 6.42 Å². The molecule has 5 rings (SSSR count). The molecule has 2 unspecified atom stereocenters. The summed E-state index contributed by atoms with van der Waals surface area (Å²) < 4.78 is 0. The van der Waals surface area contributed by atoms with Crippen LogP contribution in [-0.4, -0.2) is 39.0 Å². The molecule has 8 nitrogen and oxygen atoms in total. The van der Waals surface area contributed by atoms with Crippen LogP contribution in [0.5, 0.6) is 0 Å². The third-order valence-electron chi connectivity index (χ3n) is 6.16. The Labute approximate surface area is 162 Å². The standard InChI is InChI=1S/C20H22N6O2/c27-18-20(26-19(28)25-18)8-2-5-13(20)11-22-17-14-6-1-7-15(14)23-16(24-17)12-4-3-9-21-10-12/h3-4,9-10,13H,1-2,5-8,11H2,(H,22,23,24)(H2,25,26,27,28). The Hall–Kier alpha value is -3.03. The molecular formula is C20H22N6O2. The zero-order valence-corrected chi connectivity index (χ0v) is 15.5. The van der Waals surface area contributed by atoms with Crippen molar-refractivity contribution in [1.82, 2.24) is 25.6 Å². The fourth-order valence-corrected chi connectivity index (χ4v) is 4.75. The maximum Gasteiger partial charge on any atom is 0.322 e. The van der Waals surface area contributed by atoms with E-state index in [0.717, 1.165) is 49.2 Å². The van der Waals surface area contributed by atoms with E-state index in [0.29, 0.717) is 18.8 Å². The van der Waals surface area contributed by atoms with Crippen LogP contribution in [0.4, 0.5) is 10.6 Å². The second-order valence-electron chi connectivity index (χ2n) is 7.77. The van der Waals surface area contributed by atoms with Crippen molar-refractivity contribution in [3.8, 4) is 11.4 Å². The second kappa shape index (κ2) is 6.54. The summed E-state index contributed by atoms with van der Waals surface area (Å²) in [6.45, 7) is 0.587. The van der Waals surface area contributed by atoms with Gasteiger partial charge in [0, 0.05) is 41.7 Å². The molecule has 1 spiro atoms. The zero-order chi connectivity index (χ0) is 19.1. The maximum atomic E-state index is 12.4. The molecule has 3 amide bonds. The number of urea groups is 1. The summed E-state index contributed by atoms with van der Waals surface area (Å²) in [5.74, 6) is 1.34. The number of fused-ring (bicyclic) bond motifs is 1. The number of pyridine rings is 1. The molecule has 1 saturated carbocycles. The molecule has 8 heteroatoms. The minimum atomic E-state index is -0.785. The zero-order valence-electron chi connectivity index (χ0n) is 15.5. The lowest BCUT2D eigenvalue weighted by Crippen LogP contribution is -2.51. The van der Waals surface area contributed by atoms with Crippen LogP contribution < -0.4 is 16.0 Å². The van der Waals surface area contributed by atoms with Crippen LogP contribution in [0.3, 0.4) is 0 Å².